The van der Waals surface area contributed by atoms with Crippen LogP contribution in [0.25, 0.3) is 106 Å². The Labute approximate surface area is 415 Å². The zero-order valence-corrected chi connectivity index (χ0v) is 41.8. The second kappa shape index (κ2) is 17.1. The van der Waals surface area contributed by atoms with Crippen molar-refractivity contribution in [1.82, 2.24) is 24.5 Å². The molecule has 0 fully saturated rings. The maximum Gasteiger partial charge on any atom is 0.149 e. The van der Waals surface area contributed by atoms with Gasteiger partial charge in [0, 0.05) is 56.4 Å². The molecule has 0 aliphatic heterocycles. The number of para-hydroxylation sites is 3. The average molecular weight is 928 g/mol. The monoisotopic (exact) mass is 927 g/mol. The highest BCUT2D eigenvalue weighted by Crippen LogP contribution is 2.45. The van der Waals surface area contributed by atoms with Gasteiger partial charge in [0.1, 0.15) is 28.6 Å². The molecule has 0 spiro atoms. The second-order valence-electron chi connectivity index (χ2n) is 21.8. The quantitative estimate of drug-likeness (QED) is 0.171. The Kier molecular flexibility index (Phi) is 10.9. The van der Waals surface area contributed by atoms with Gasteiger partial charge in [0.15, 0.2) is 0 Å². The molecule has 0 aliphatic carbocycles. The van der Waals surface area contributed by atoms with Crippen LogP contribution >= 0.6 is 0 Å². The molecule has 11 rings (SSSR count). The summed E-state index contributed by atoms with van der Waals surface area (Å²) in [5.41, 5.74) is 16.1. The van der Waals surface area contributed by atoms with Crippen molar-refractivity contribution in [3.8, 4) is 78.7 Å². The summed E-state index contributed by atoms with van der Waals surface area (Å²) in [6.07, 6.45) is 3.82. The first kappa shape index (κ1) is 45.3. The fourth-order valence-corrected chi connectivity index (χ4v) is 9.70. The molecular weight excluding hydrogens is 871 g/mol. The smallest absolute Gasteiger partial charge is 0.149 e. The van der Waals surface area contributed by atoms with Gasteiger partial charge in [-0.05, 0) is 87.2 Å². The Hall–Kier alpha value is -8.16. The third-order valence-corrected chi connectivity index (χ3v) is 13.6. The van der Waals surface area contributed by atoms with Crippen molar-refractivity contribution in [2.24, 2.45) is 0 Å². The highest BCUT2D eigenvalue weighted by Gasteiger charge is 2.28. The standard InChI is InChI=1S/C64H57N5O2/c1-62(2,3)44-35-50(58(70)51(36-44)63(4,5)6)53-25-17-24-52(67-53)48-22-16-27-55-57(48)68-60(69(55)54-26-14-13-20-45(54)41-18-11-10-12-19-41)49-23-15-21-47-46-33-32-42(34-56(46)71-59(47)49)39-28-30-40(31-29-39)43-37-65-61(66-38-43)64(7,8)9/h10-38,70H,1-9H3. The molecule has 4 aromatic heterocycles. The number of aromatic nitrogens is 5. The number of hydrogen-bond acceptors (Lipinski definition) is 6. The zero-order valence-electron chi connectivity index (χ0n) is 41.8. The van der Waals surface area contributed by atoms with Crippen LogP contribution in [0, 0.1) is 0 Å². The Morgan fingerprint density at radius 2 is 1.08 bits per heavy atom. The van der Waals surface area contributed by atoms with Gasteiger partial charge in [-0.25, -0.2) is 19.9 Å². The second-order valence-corrected chi connectivity index (χ2v) is 21.8. The summed E-state index contributed by atoms with van der Waals surface area (Å²) in [5, 5.41) is 14.0. The van der Waals surface area contributed by atoms with Crippen molar-refractivity contribution in [1.29, 1.82) is 0 Å². The minimum Gasteiger partial charge on any atom is -0.507 e. The molecule has 0 radical (unpaired) electrons. The number of furan rings is 1. The molecule has 7 nitrogen and oxygen atoms in total. The number of phenolic OH excluding ortho intramolecular Hbond substituents is 1. The highest BCUT2D eigenvalue weighted by molar-refractivity contribution is 6.11. The van der Waals surface area contributed by atoms with E-state index in [2.05, 4.69) is 216 Å². The number of nitrogens with zero attached hydrogens (tertiary/aromatic N) is 5. The van der Waals surface area contributed by atoms with Gasteiger partial charge in [-0.1, -0.05) is 178 Å². The van der Waals surface area contributed by atoms with Gasteiger partial charge in [-0.3, -0.25) is 4.57 Å². The first-order chi connectivity index (χ1) is 34.0. The van der Waals surface area contributed by atoms with Crippen molar-refractivity contribution >= 4 is 33.0 Å². The fourth-order valence-electron chi connectivity index (χ4n) is 9.70. The van der Waals surface area contributed by atoms with Gasteiger partial charge in [-0.15, -0.1) is 0 Å². The Morgan fingerprint density at radius 1 is 0.465 bits per heavy atom. The minimum atomic E-state index is -0.281. The molecule has 0 saturated carbocycles. The third kappa shape index (κ3) is 8.25. The van der Waals surface area contributed by atoms with Crippen LogP contribution in [0.1, 0.15) is 79.3 Å². The lowest BCUT2D eigenvalue weighted by Gasteiger charge is -2.27. The third-order valence-electron chi connectivity index (χ3n) is 13.6. The molecule has 11 aromatic rings. The molecular formula is C64H57N5O2. The Balaban J connectivity index is 1.07. The predicted molar refractivity (Wildman–Crippen MR) is 292 cm³/mol. The Bertz CT molecular complexity index is 3810. The van der Waals surface area contributed by atoms with Crippen molar-refractivity contribution in [3.05, 3.63) is 193 Å². The van der Waals surface area contributed by atoms with E-state index < -0.39 is 0 Å². The fraction of sp³-hybridized carbons (Fsp3) is 0.188. The molecule has 7 aromatic carbocycles. The summed E-state index contributed by atoms with van der Waals surface area (Å²) in [4.78, 5) is 20.3. The first-order valence-electron chi connectivity index (χ1n) is 24.4. The van der Waals surface area contributed by atoms with Gasteiger partial charge in [-0.2, -0.15) is 0 Å². The first-order valence-corrected chi connectivity index (χ1v) is 24.4. The van der Waals surface area contributed by atoms with Gasteiger partial charge in [0.2, 0.25) is 0 Å². The van der Waals surface area contributed by atoms with Crippen molar-refractivity contribution in [2.45, 2.75) is 78.6 Å². The van der Waals surface area contributed by atoms with Crippen LogP contribution < -0.4 is 0 Å². The van der Waals surface area contributed by atoms with E-state index in [1.807, 2.05) is 36.7 Å². The summed E-state index contributed by atoms with van der Waals surface area (Å²) in [7, 11) is 0. The highest BCUT2D eigenvalue weighted by atomic mass is 16.3. The molecule has 1 N–H and O–H groups in total. The lowest BCUT2D eigenvalue weighted by atomic mass is 9.78. The zero-order chi connectivity index (χ0) is 49.4. The molecule has 0 unspecified atom stereocenters. The predicted octanol–water partition coefficient (Wildman–Crippen LogP) is 16.7. The van der Waals surface area contributed by atoms with E-state index in [1.165, 1.54) is 0 Å². The van der Waals surface area contributed by atoms with Gasteiger partial charge < -0.3 is 9.52 Å². The van der Waals surface area contributed by atoms with Crippen molar-refractivity contribution in [3.63, 3.8) is 0 Å². The summed E-state index contributed by atoms with van der Waals surface area (Å²) < 4.78 is 9.26. The largest absolute Gasteiger partial charge is 0.507 e. The molecule has 71 heavy (non-hydrogen) atoms. The topological polar surface area (TPSA) is 89.9 Å². The van der Waals surface area contributed by atoms with E-state index in [-0.39, 0.29) is 22.0 Å². The number of benzene rings is 7. The number of imidazole rings is 1. The summed E-state index contributed by atoms with van der Waals surface area (Å²) in [6.45, 7) is 19.4. The summed E-state index contributed by atoms with van der Waals surface area (Å²) in [5.74, 6) is 1.83. The number of pyridine rings is 1. The van der Waals surface area contributed by atoms with E-state index in [0.717, 1.165) is 112 Å². The van der Waals surface area contributed by atoms with Crippen LogP contribution in [0.2, 0.25) is 0 Å². The lowest BCUT2D eigenvalue weighted by Crippen LogP contribution is -2.17. The van der Waals surface area contributed by atoms with Gasteiger partial charge in [0.05, 0.1) is 33.7 Å². The molecule has 7 heteroatoms. The van der Waals surface area contributed by atoms with Gasteiger partial charge >= 0.3 is 0 Å². The number of hydrogen-bond donors (Lipinski definition) is 1. The Morgan fingerprint density at radius 3 is 1.79 bits per heavy atom. The maximum atomic E-state index is 11.9. The normalized spacial score (nSPS) is 12.4. The van der Waals surface area contributed by atoms with Crippen LogP contribution in [0.5, 0.6) is 5.75 Å². The number of phenols is 1. The summed E-state index contributed by atoms with van der Waals surface area (Å²) in [6, 6.07) is 57.0. The molecule has 0 saturated heterocycles. The van der Waals surface area contributed by atoms with Crippen molar-refractivity contribution < 1.29 is 9.52 Å². The van der Waals surface area contributed by atoms with E-state index >= 15 is 0 Å². The average Bonchev–Trinajstić information content (AvgIpc) is 3.95. The molecule has 0 atom stereocenters. The van der Waals surface area contributed by atoms with Crippen LogP contribution in [-0.2, 0) is 16.2 Å². The molecule has 4 heterocycles. The van der Waals surface area contributed by atoms with Crippen LogP contribution in [-0.4, -0.2) is 29.6 Å². The molecule has 0 aliphatic rings. The van der Waals surface area contributed by atoms with Crippen molar-refractivity contribution in [2.75, 3.05) is 0 Å². The van der Waals surface area contributed by atoms with Crippen LogP contribution in [0.3, 0.4) is 0 Å². The maximum absolute atomic E-state index is 11.9. The molecule has 0 bridgehead atoms. The number of aromatic hydroxyl groups is 1. The van der Waals surface area contributed by atoms with Crippen LogP contribution in [0.15, 0.2) is 181 Å². The van der Waals surface area contributed by atoms with Gasteiger partial charge in [0.25, 0.3) is 0 Å². The molecule has 0 amide bonds. The van der Waals surface area contributed by atoms with E-state index in [1.54, 1.807) is 0 Å². The number of rotatable bonds is 7. The molecule has 350 valence electrons. The summed E-state index contributed by atoms with van der Waals surface area (Å²) >= 11 is 0. The number of fused-ring (bicyclic) bond motifs is 4. The lowest BCUT2D eigenvalue weighted by molar-refractivity contribution is 0.446. The minimum absolute atomic E-state index is 0.111. The van der Waals surface area contributed by atoms with E-state index in [0.29, 0.717) is 11.3 Å². The SMILES string of the molecule is CC(C)(C)c1cc(-c2cccc(-c3cccc4c3nc(-c3cccc5c3oc3cc(-c6ccc(-c7cnc(C(C)(C)C)nc7)cc6)ccc35)n4-c3ccccc3-c3ccccc3)n2)c(O)c(C(C)(C)C)c1. The van der Waals surface area contributed by atoms with Crippen LogP contribution in [0.4, 0.5) is 0 Å². The van der Waals surface area contributed by atoms with E-state index in [4.69, 9.17) is 14.4 Å². The van der Waals surface area contributed by atoms with E-state index in [9.17, 15) is 5.11 Å².